The molecule has 0 amide bonds. The second-order valence-corrected chi connectivity index (χ2v) is 7.60. The SMILES string of the molecule is CCCC[N+](CCC)(CCCC)CCCC.O=C([O-])C1CCCC1. The number of carboxylic acids is 1. The van der Waals surface area contributed by atoms with Crippen molar-refractivity contribution in [3.63, 3.8) is 0 Å². The van der Waals surface area contributed by atoms with Crippen molar-refractivity contribution in [2.24, 2.45) is 5.92 Å². The monoisotopic (exact) mass is 341 g/mol. The molecular formula is C21H43NO2. The second kappa shape index (κ2) is 14.7. The fraction of sp³-hybridized carbons (Fsp3) is 0.952. The molecule has 0 unspecified atom stereocenters. The molecule has 0 atom stereocenters. The third-order valence-electron chi connectivity index (χ3n) is 5.34. The Morgan fingerprint density at radius 1 is 0.792 bits per heavy atom. The average molecular weight is 342 g/mol. The molecule has 3 nitrogen and oxygen atoms in total. The fourth-order valence-corrected chi connectivity index (χ4v) is 3.79. The number of hydrogen-bond acceptors (Lipinski definition) is 2. The summed E-state index contributed by atoms with van der Waals surface area (Å²) in [6, 6.07) is 0. The lowest BCUT2D eigenvalue weighted by Gasteiger charge is -2.39. The number of carboxylic acid groups (broad SMARTS) is 1. The van der Waals surface area contributed by atoms with Gasteiger partial charge in [-0.25, -0.2) is 0 Å². The lowest BCUT2D eigenvalue weighted by Crippen LogP contribution is -2.50. The van der Waals surface area contributed by atoms with Crippen LogP contribution in [0.1, 0.15) is 98.3 Å². The van der Waals surface area contributed by atoms with Crippen molar-refractivity contribution >= 4 is 5.97 Å². The van der Waals surface area contributed by atoms with Gasteiger partial charge in [0.1, 0.15) is 0 Å². The summed E-state index contributed by atoms with van der Waals surface area (Å²) in [5.74, 6) is -0.988. The molecule has 0 aromatic heterocycles. The van der Waals surface area contributed by atoms with E-state index in [0.29, 0.717) is 0 Å². The van der Waals surface area contributed by atoms with Crippen molar-refractivity contribution in [2.45, 2.75) is 98.3 Å². The molecule has 0 N–H and O–H groups in total. The van der Waals surface area contributed by atoms with E-state index in [-0.39, 0.29) is 5.92 Å². The zero-order chi connectivity index (χ0) is 18.3. The van der Waals surface area contributed by atoms with Crippen LogP contribution >= 0.6 is 0 Å². The van der Waals surface area contributed by atoms with Crippen molar-refractivity contribution < 1.29 is 14.4 Å². The Labute approximate surface area is 151 Å². The maximum absolute atomic E-state index is 10.1. The van der Waals surface area contributed by atoms with Gasteiger partial charge < -0.3 is 14.4 Å². The van der Waals surface area contributed by atoms with Crippen molar-refractivity contribution in [1.29, 1.82) is 0 Å². The topological polar surface area (TPSA) is 40.1 Å². The molecule has 144 valence electrons. The first-order valence-corrected chi connectivity index (χ1v) is 10.6. The Morgan fingerprint density at radius 2 is 1.21 bits per heavy atom. The van der Waals surface area contributed by atoms with E-state index in [2.05, 4.69) is 27.7 Å². The molecule has 0 saturated heterocycles. The van der Waals surface area contributed by atoms with E-state index in [1.54, 1.807) is 0 Å². The smallest absolute Gasteiger partial charge is 0.0786 e. The molecule has 0 aliphatic heterocycles. The van der Waals surface area contributed by atoms with Crippen molar-refractivity contribution in [3.05, 3.63) is 0 Å². The highest BCUT2D eigenvalue weighted by molar-refractivity contribution is 5.67. The molecule has 0 heterocycles. The van der Waals surface area contributed by atoms with Crippen molar-refractivity contribution in [3.8, 4) is 0 Å². The summed E-state index contributed by atoms with van der Waals surface area (Å²) in [7, 11) is 0. The minimum absolute atomic E-state index is 0.130. The van der Waals surface area contributed by atoms with Crippen LogP contribution in [0.25, 0.3) is 0 Å². The van der Waals surface area contributed by atoms with Gasteiger partial charge >= 0.3 is 0 Å². The lowest BCUT2D eigenvalue weighted by atomic mass is 10.1. The zero-order valence-electron chi connectivity index (χ0n) is 16.9. The number of quaternary nitrogens is 1. The van der Waals surface area contributed by atoms with Crippen LogP contribution in [-0.4, -0.2) is 36.6 Å². The van der Waals surface area contributed by atoms with Crippen LogP contribution in [0.15, 0.2) is 0 Å². The highest BCUT2D eigenvalue weighted by Gasteiger charge is 2.24. The summed E-state index contributed by atoms with van der Waals surface area (Å²) < 4.78 is 1.41. The van der Waals surface area contributed by atoms with Gasteiger partial charge in [0.15, 0.2) is 0 Å². The predicted molar refractivity (Wildman–Crippen MR) is 102 cm³/mol. The van der Waals surface area contributed by atoms with Gasteiger partial charge in [-0.15, -0.1) is 0 Å². The summed E-state index contributed by atoms with van der Waals surface area (Å²) in [5, 5.41) is 10.1. The van der Waals surface area contributed by atoms with E-state index in [1.807, 2.05) is 0 Å². The number of unbranched alkanes of at least 4 members (excludes halogenated alkanes) is 3. The molecule has 0 spiro atoms. The minimum atomic E-state index is -0.859. The molecule has 1 rings (SSSR count). The Kier molecular flexibility index (Phi) is 14.4. The maximum Gasteiger partial charge on any atom is 0.0786 e. The number of carbonyl (C=O) groups is 1. The third kappa shape index (κ3) is 10.3. The lowest BCUT2D eigenvalue weighted by molar-refractivity contribution is -0.928. The number of rotatable bonds is 12. The minimum Gasteiger partial charge on any atom is -0.550 e. The first-order chi connectivity index (χ1) is 11.5. The summed E-state index contributed by atoms with van der Waals surface area (Å²) in [6.45, 7) is 15.0. The first-order valence-electron chi connectivity index (χ1n) is 10.6. The molecule has 24 heavy (non-hydrogen) atoms. The highest BCUT2D eigenvalue weighted by Crippen LogP contribution is 2.23. The van der Waals surface area contributed by atoms with Crippen LogP contribution < -0.4 is 5.11 Å². The van der Waals surface area contributed by atoms with Crippen LogP contribution in [0, 0.1) is 5.92 Å². The standard InChI is InChI=1S/C15H34N.C6H10O2/c1-5-9-13-16(12-8-4,14-10-6-2)15-11-7-3;7-6(8)5-3-1-2-4-5/h5-15H2,1-4H3;5H,1-4H2,(H,7,8)/q+1;/p-1. The van der Waals surface area contributed by atoms with Gasteiger partial charge in [0.2, 0.25) is 0 Å². The molecule has 1 aliphatic rings. The third-order valence-corrected chi connectivity index (χ3v) is 5.34. The quantitative estimate of drug-likeness (QED) is 0.489. The van der Waals surface area contributed by atoms with Gasteiger partial charge in [0.25, 0.3) is 0 Å². The molecule has 1 saturated carbocycles. The van der Waals surface area contributed by atoms with Gasteiger partial charge in [-0.3, -0.25) is 0 Å². The zero-order valence-corrected chi connectivity index (χ0v) is 16.9. The maximum atomic E-state index is 10.1. The van der Waals surface area contributed by atoms with E-state index in [4.69, 9.17) is 0 Å². The predicted octanol–water partition coefficient (Wildman–Crippen LogP) is 4.54. The molecule has 0 aromatic carbocycles. The van der Waals surface area contributed by atoms with Gasteiger partial charge in [0, 0.05) is 5.97 Å². The normalized spacial score (nSPS) is 15.2. The Hall–Kier alpha value is -0.570. The fourth-order valence-electron chi connectivity index (χ4n) is 3.79. The van der Waals surface area contributed by atoms with E-state index >= 15 is 0 Å². The largest absolute Gasteiger partial charge is 0.550 e. The number of nitrogens with zero attached hydrogens (tertiary/aromatic N) is 1. The molecule has 1 aliphatic carbocycles. The number of hydrogen-bond donors (Lipinski definition) is 0. The summed E-state index contributed by atoms with van der Waals surface area (Å²) in [4.78, 5) is 10.1. The average Bonchev–Trinajstić information content (AvgIpc) is 3.12. The second-order valence-electron chi connectivity index (χ2n) is 7.60. The summed E-state index contributed by atoms with van der Waals surface area (Å²) in [5.41, 5.74) is 0. The van der Waals surface area contributed by atoms with E-state index in [0.717, 1.165) is 25.7 Å². The summed E-state index contributed by atoms with van der Waals surface area (Å²) >= 11 is 0. The van der Waals surface area contributed by atoms with E-state index in [9.17, 15) is 9.90 Å². The van der Waals surface area contributed by atoms with Gasteiger partial charge in [0.05, 0.1) is 26.2 Å². The van der Waals surface area contributed by atoms with Crippen LogP contribution in [0.5, 0.6) is 0 Å². The van der Waals surface area contributed by atoms with E-state index in [1.165, 1.54) is 75.6 Å². The van der Waals surface area contributed by atoms with Crippen molar-refractivity contribution in [1.82, 2.24) is 0 Å². The van der Waals surface area contributed by atoms with Crippen LogP contribution in [-0.2, 0) is 4.79 Å². The van der Waals surface area contributed by atoms with Crippen LogP contribution in [0.3, 0.4) is 0 Å². The molecule has 0 bridgehead atoms. The van der Waals surface area contributed by atoms with Gasteiger partial charge in [-0.2, -0.15) is 0 Å². The molecular weight excluding hydrogens is 298 g/mol. The molecule has 1 fully saturated rings. The van der Waals surface area contributed by atoms with Crippen LogP contribution in [0.2, 0.25) is 0 Å². The van der Waals surface area contributed by atoms with Gasteiger partial charge in [-0.05, 0) is 44.4 Å². The highest BCUT2D eigenvalue weighted by atomic mass is 16.4. The molecule has 0 radical (unpaired) electrons. The first kappa shape index (κ1) is 23.4. The van der Waals surface area contributed by atoms with Crippen LogP contribution in [0.4, 0.5) is 0 Å². The van der Waals surface area contributed by atoms with Crippen molar-refractivity contribution in [2.75, 3.05) is 26.2 Å². The molecule has 0 aromatic rings. The number of aliphatic carboxylic acids is 1. The molecule has 3 heteroatoms. The Balaban J connectivity index is 0.000000546. The Morgan fingerprint density at radius 3 is 1.46 bits per heavy atom. The Bertz CT molecular complexity index is 276. The van der Waals surface area contributed by atoms with E-state index < -0.39 is 5.97 Å². The number of carbonyl (C=O) groups excluding carboxylic acids is 1. The summed E-state index contributed by atoms with van der Waals surface area (Å²) in [6.07, 6.45) is 13.4. The van der Waals surface area contributed by atoms with Gasteiger partial charge in [-0.1, -0.05) is 59.8 Å².